The van der Waals surface area contributed by atoms with E-state index in [1.165, 1.54) is 52.6 Å². The van der Waals surface area contributed by atoms with Gasteiger partial charge < -0.3 is 5.32 Å². The molecule has 0 aliphatic carbocycles. The highest BCUT2D eigenvalue weighted by Gasteiger charge is 2.10. The molecular weight excluding hydrogens is 332 g/mol. The Morgan fingerprint density at radius 1 is 1.12 bits per heavy atom. The molecule has 0 saturated carbocycles. The molecule has 132 valence electrons. The molecule has 0 radical (unpaired) electrons. The summed E-state index contributed by atoms with van der Waals surface area (Å²) in [6.45, 7) is 5.57. The molecule has 2 nitrogen and oxygen atoms in total. The van der Waals surface area contributed by atoms with Crippen LogP contribution in [-0.4, -0.2) is 24.3 Å². The summed E-state index contributed by atoms with van der Waals surface area (Å²) in [5.41, 5.74) is 2.59. The Hall–Kier alpha value is -0.840. The molecule has 2 aromatic heterocycles. The van der Waals surface area contributed by atoms with Crippen LogP contribution >= 0.6 is 23.1 Å². The molecule has 0 atom stereocenters. The molecule has 0 amide bonds. The van der Waals surface area contributed by atoms with Crippen molar-refractivity contribution >= 4 is 23.1 Å². The number of unbranched alkanes of at least 4 members (excludes halogenated alkanes) is 3. The zero-order valence-corrected chi connectivity index (χ0v) is 16.8. The summed E-state index contributed by atoms with van der Waals surface area (Å²) in [7, 11) is 2.03. The summed E-state index contributed by atoms with van der Waals surface area (Å²) in [4.78, 5) is 6.38. The van der Waals surface area contributed by atoms with E-state index in [1.54, 1.807) is 0 Å². The van der Waals surface area contributed by atoms with Gasteiger partial charge in [0, 0.05) is 17.0 Å². The van der Waals surface area contributed by atoms with Crippen LogP contribution in [0.2, 0.25) is 0 Å². The van der Waals surface area contributed by atoms with Crippen LogP contribution < -0.4 is 5.32 Å². The Morgan fingerprint density at radius 3 is 2.67 bits per heavy atom. The standard InChI is InChI=1S/C20H30N2S2/c1-16(2)19-11-10-17(15-18-9-8-14-23-18)20(22-19)24-13-7-5-4-6-12-21-3/h8-11,14,16,21H,4-7,12-13,15H2,1-3H3. The number of nitrogens with zero attached hydrogens (tertiary/aromatic N) is 1. The van der Waals surface area contributed by atoms with E-state index in [1.807, 2.05) is 30.1 Å². The molecule has 2 aromatic rings. The highest BCUT2D eigenvalue weighted by Crippen LogP contribution is 2.27. The molecule has 0 unspecified atom stereocenters. The molecule has 0 fully saturated rings. The van der Waals surface area contributed by atoms with Crippen molar-refractivity contribution < 1.29 is 0 Å². The first-order valence-electron chi connectivity index (χ1n) is 9.00. The molecule has 2 heterocycles. The van der Waals surface area contributed by atoms with Crippen LogP contribution in [0.3, 0.4) is 0 Å². The smallest absolute Gasteiger partial charge is 0.0998 e. The van der Waals surface area contributed by atoms with Crippen molar-refractivity contribution in [3.8, 4) is 0 Å². The van der Waals surface area contributed by atoms with Crippen molar-refractivity contribution in [3.05, 3.63) is 45.8 Å². The van der Waals surface area contributed by atoms with Crippen molar-refractivity contribution in [1.82, 2.24) is 10.3 Å². The minimum absolute atomic E-state index is 0.488. The van der Waals surface area contributed by atoms with E-state index in [0.29, 0.717) is 5.92 Å². The quantitative estimate of drug-likeness (QED) is 0.408. The van der Waals surface area contributed by atoms with Crippen LogP contribution in [0, 0.1) is 0 Å². The summed E-state index contributed by atoms with van der Waals surface area (Å²) in [6.07, 6.45) is 6.21. The van der Waals surface area contributed by atoms with Crippen LogP contribution in [-0.2, 0) is 6.42 Å². The van der Waals surface area contributed by atoms with Gasteiger partial charge in [-0.3, -0.25) is 0 Å². The highest BCUT2D eigenvalue weighted by atomic mass is 32.2. The number of aromatic nitrogens is 1. The number of rotatable bonds is 11. The Labute approximate surface area is 155 Å². The summed E-state index contributed by atoms with van der Waals surface area (Å²) in [6, 6.07) is 8.85. The Morgan fingerprint density at radius 2 is 1.96 bits per heavy atom. The van der Waals surface area contributed by atoms with Crippen molar-refractivity contribution in [1.29, 1.82) is 0 Å². The monoisotopic (exact) mass is 362 g/mol. The molecule has 0 saturated heterocycles. The molecule has 2 rings (SSSR count). The van der Waals surface area contributed by atoms with E-state index in [4.69, 9.17) is 4.98 Å². The Kier molecular flexibility index (Phi) is 8.86. The average molecular weight is 363 g/mol. The number of thioether (sulfide) groups is 1. The minimum atomic E-state index is 0.488. The number of nitrogens with one attached hydrogen (secondary N) is 1. The second-order valence-corrected chi connectivity index (χ2v) is 8.59. The lowest BCUT2D eigenvalue weighted by molar-refractivity contribution is 0.637. The summed E-state index contributed by atoms with van der Waals surface area (Å²) in [5.74, 6) is 1.66. The first-order valence-corrected chi connectivity index (χ1v) is 10.9. The van der Waals surface area contributed by atoms with Gasteiger partial charge in [0.2, 0.25) is 0 Å². The van der Waals surface area contributed by atoms with E-state index in [0.717, 1.165) is 13.0 Å². The number of pyridine rings is 1. The normalized spacial score (nSPS) is 11.3. The predicted octanol–water partition coefficient (Wildman–Crippen LogP) is 5.73. The van der Waals surface area contributed by atoms with Gasteiger partial charge >= 0.3 is 0 Å². The zero-order valence-electron chi connectivity index (χ0n) is 15.2. The van der Waals surface area contributed by atoms with Crippen LogP contribution in [0.4, 0.5) is 0 Å². The molecule has 24 heavy (non-hydrogen) atoms. The van der Waals surface area contributed by atoms with Gasteiger partial charge in [0.1, 0.15) is 0 Å². The van der Waals surface area contributed by atoms with E-state index >= 15 is 0 Å². The summed E-state index contributed by atoms with van der Waals surface area (Å²) in [5, 5.41) is 6.61. The van der Waals surface area contributed by atoms with Gasteiger partial charge in [0.25, 0.3) is 0 Å². The molecular formula is C20H30N2S2. The molecule has 0 aliphatic heterocycles. The fourth-order valence-corrected chi connectivity index (χ4v) is 4.36. The topological polar surface area (TPSA) is 24.9 Å². The number of thiophene rings is 1. The first kappa shape index (κ1) is 19.5. The maximum atomic E-state index is 4.96. The Bertz CT molecular complexity index is 579. The third kappa shape index (κ3) is 6.58. The molecule has 0 aliphatic rings. The average Bonchev–Trinajstić information content (AvgIpc) is 3.08. The molecule has 0 aromatic carbocycles. The minimum Gasteiger partial charge on any atom is -0.320 e. The predicted molar refractivity (Wildman–Crippen MR) is 109 cm³/mol. The Balaban J connectivity index is 1.92. The lowest BCUT2D eigenvalue weighted by Crippen LogP contribution is -2.06. The van der Waals surface area contributed by atoms with Crippen LogP contribution in [0.5, 0.6) is 0 Å². The van der Waals surface area contributed by atoms with Gasteiger partial charge in [-0.25, -0.2) is 4.98 Å². The van der Waals surface area contributed by atoms with E-state index in [9.17, 15) is 0 Å². The van der Waals surface area contributed by atoms with Gasteiger partial charge in [-0.1, -0.05) is 38.8 Å². The van der Waals surface area contributed by atoms with Crippen molar-refractivity contribution in [3.63, 3.8) is 0 Å². The lowest BCUT2D eigenvalue weighted by Gasteiger charge is -2.12. The summed E-state index contributed by atoms with van der Waals surface area (Å²) >= 11 is 3.78. The van der Waals surface area contributed by atoms with Gasteiger partial charge in [-0.2, -0.15) is 0 Å². The maximum absolute atomic E-state index is 4.96. The van der Waals surface area contributed by atoms with E-state index in [-0.39, 0.29) is 0 Å². The SMILES string of the molecule is CNCCCCCCSc1nc(C(C)C)ccc1Cc1cccs1. The lowest BCUT2D eigenvalue weighted by atomic mass is 10.1. The third-order valence-electron chi connectivity index (χ3n) is 4.06. The maximum Gasteiger partial charge on any atom is 0.0998 e. The molecule has 1 N–H and O–H groups in total. The van der Waals surface area contributed by atoms with Crippen LogP contribution in [0.25, 0.3) is 0 Å². The van der Waals surface area contributed by atoms with Crippen LogP contribution in [0.1, 0.15) is 61.6 Å². The van der Waals surface area contributed by atoms with Gasteiger partial charge in [-0.05, 0) is 61.2 Å². The van der Waals surface area contributed by atoms with Gasteiger partial charge in [0.05, 0.1) is 5.03 Å². The second-order valence-electron chi connectivity index (χ2n) is 6.48. The second kappa shape index (κ2) is 10.9. The van der Waals surface area contributed by atoms with Crippen molar-refractivity contribution in [2.45, 2.75) is 56.9 Å². The highest BCUT2D eigenvalue weighted by molar-refractivity contribution is 7.99. The molecule has 0 spiro atoms. The zero-order chi connectivity index (χ0) is 17.2. The van der Waals surface area contributed by atoms with Crippen molar-refractivity contribution in [2.75, 3.05) is 19.3 Å². The number of hydrogen-bond acceptors (Lipinski definition) is 4. The van der Waals surface area contributed by atoms with Crippen LogP contribution in [0.15, 0.2) is 34.7 Å². The fourth-order valence-electron chi connectivity index (χ4n) is 2.59. The van der Waals surface area contributed by atoms with Gasteiger partial charge in [-0.15, -0.1) is 23.1 Å². The number of hydrogen-bond donors (Lipinski definition) is 1. The first-order chi connectivity index (χ1) is 11.7. The van der Waals surface area contributed by atoms with E-state index < -0.39 is 0 Å². The van der Waals surface area contributed by atoms with E-state index in [2.05, 4.69) is 48.8 Å². The molecule has 4 heteroatoms. The van der Waals surface area contributed by atoms with Crippen molar-refractivity contribution in [2.24, 2.45) is 0 Å². The molecule has 0 bridgehead atoms. The fraction of sp³-hybridized carbons (Fsp3) is 0.550. The van der Waals surface area contributed by atoms with Gasteiger partial charge in [0.15, 0.2) is 0 Å². The largest absolute Gasteiger partial charge is 0.320 e. The third-order valence-corrected chi connectivity index (χ3v) is 6.05. The summed E-state index contributed by atoms with van der Waals surface area (Å²) < 4.78 is 0.